The number of aromatic amines is 2. The smallest absolute Gasteiger partial charge is 0.403 e. The summed E-state index contributed by atoms with van der Waals surface area (Å²) in [6.45, 7) is 6.40. The van der Waals surface area contributed by atoms with Gasteiger partial charge in [-0.1, -0.05) is 0 Å². The molecule has 0 spiro atoms. The van der Waals surface area contributed by atoms with Gasteiger partial charge in [0.15, 0.2) is 0 Å². The maximum Gasteiger partial charge on any atom is 0.403 e. The molecule has 0 radical (unpaired) electrons. The van der Waals surface area contributed by atoms with Gasteiger partial charge in [-0.2, -0.15) is 22.3 Å². The lowest BCUT2D eigenvalue weighted by Gasteiger charge is -2.21. The van der Waals surface area contributed by atoms with Crippen molar-refractivity contribution in [3.63, 3.8) is 0 Å². The van der Waals surface area contributed by atoms with Crippen LogP contribution in [-0.2, 0) is 46.7 Å². The second kappa shape index (κ2) is 21.7. The number of carbonyl (C=O) groups is 2. The molecule has 0 saturated carbocycles. The fourth-order valence-corrected chi connectivity index (χ4v) is 7.08. The Morgan fingerprint density at radius 1 is 0.810 bits per heavy atom. The van der Waals surface area contributed by atoms with Crippen molar-refractivity contribution in [2.75, 3.05) is 19.8 Å². The van der Waals surface area contributed by atoms with E-state index in [1.807, 2.05) is 0 Å². The summed E-state index contributed by atoms with van der Waals surface area (Å²) in [5, 5.41) is 24.2. The molecule has 2 aliphatic rings. The number of aliphatic hydroxyl groups excluding tert-OH is 2. The van der Waals surface area contributed by atoms with Gasteiger partial charge < -0.3 is 38.9 Å². The standard InChI is InChI=1S/C15H23FN3O9P.C14H21FN3O9P.H2S/c1-7(2)27-14(22)8(3)18-29(24,25)26-6-11-10(20)4-12(28-11)19-5-9(16)13(21)17-15(19)23;1-3-25-13(21)7(2)17-28(23,24)26-6-10-9(19)4-11(27-10)18-5-8(15)12(20)16-14(18)22;/h5,7-8,10-12,20H,4,6H2,1-3H3,(H,17,21,23)(H2,18,24,25);5,7,9-11,19H,3-4,6H2,1-2H3,(H,16,20,22)(H2,17,23,24);1H2/t8-,10?,11?,12?;7-,9?,10?,11?;/m00./s1. The second-order valence-electron chi connectivity index (χ2n) is 12.7. The van der Waals surface area contributed by atoms with Crippen molar-refractivity contribution in [2.45, 2.75) is 103 Å². The van der Waals surface area contributed by atoms with Gasteiger partial charge in [0.2, 0.25) is 11.6 Å². The van der Waals surface area contributed by atoms with E-state index in [1.165, 1.54) is 13.8 Å². The molecule has 0 aromatic carbocycles. The molecular formula is C29H46F2N6O18P2S. The lowest BCUT2D eigenvalue weighted by atomic mass is 10.2. The van der Waals surface area contributed by atoms with Gasteiger partial charge in [0, 0.05) is 12.8 Å². The minimum atomic E-state index is -4.46. The molecule has 24 nitrogen and oxygen atoms in total. The first kappa shape index (κ1) is 50.7. The molecule has 2 aromatic heterocycles. The number of esters is 2. The summed E-state index contributed by atoms with van der Waals surface area (Å²) in [6.07, 6.45) is -6.32. The van der Waals surface area contributed by atoms with Gasteiger partial charge in [-0.15, -0.1) is 0 Å². The topological polar surface area (TPSA) is 338 Å². The van der Waals surface area contributed by atoms with Crippen LogP contribution < -0.4 is 32.7 Å². The number of rotatable bonds is 16. The van der Waals surface area contributed by atoms with Crippen LogP contribution in [0.5, 0.6) is 0 Å². The predicted molar refractivity (Wildman–Crippen MR) is 197 cm³/mol. The van der Waals surface area contributed by atoms with Gasteiger partial charge >= 0.3 is 38.8 Å². The highest BCUT2D eigenvalue weighted by Crippen LogP contribution is 2.40. The number of halogens is 2. The van der Waals surface area contributed by atoms with E-state index in [-0.39, 0.29) is 32.9 Å². The summed E-state index contributed by atoms with van der Waals surface area (Å²) in [7, 11) is -8.90. The molecule has 4 rings (SSSR count). The summed E-state index contributed by atoms with van der Waals surface area (Å²) in [5.74, 6) is -3.94. The number of aliphatic hydroxyl groups is 2. The number of nitrogens with zero attached hydrogens (tertiary/aromatic N) is 2. The van der Waals surface area contributed by atoms with E-state index >= 15 is 0 Å². The SMILES string of the molecule is CC(C)OC(=O)[C@H](C)NP(=O)(O)OCC1OC(n2cc(F)c(=O)[nH]c2=O)CC1O.CCOC(=O)[C@H](C)NP(=O)(O)OCC1OC(n2cc(F)c(=O)[nH]c2=O)CC1O.S. The average Bonchev–Trinajstić information content (AvgIpc) is 3.66. The first-order chi connectivity index (χ1) is 26.4. The normalized spacial score (nSPS) is 24.7. The third-order valence-corrected chi connectivity index (χ3v) is 10.2. The molecule has 58 heavy (non-hydrogen) atoms. The van der Waals surface area contributed by atoms with E-state index in [0.29, 0.717) is 12.4 Å². The van der Waals surface area contributed by atoms with E-state index in [0.717, 1.165) is 9.13 Å². The first-order valence-corrected chi connectivity index (χ1v) is 20.1. The van der Waals surface area contributed by atoms with Crippen molar-refractivity contribution >= 4 is 40.9 Å². The number of H-pyrrole nitrogens is 2. The van der Waals surface area contributed by atoms with E-state index in [9.17, 15) is 66.7 Å². The monoisotopic (exact) mass is 898 g/mol. The van der Waals surface area contributed by atoms with Crippen LogP contribution in [0.3, 0.4) is 0 Å². The van der Waals surface area contributed by atoms with Gasteiger partial charge in [-0.3, -0.25) is 47.3 Å². The second-order valence-corrected chi connectivity index (χ2v) is 15.8. The minimum Gasteiger partial charge on any atom is -0.465 e. The van der Waals surface area contributed by atoms with Crippen LogP contribution in [0.25, 0.3) is 0 Å². The minimum absolute atomic E-state index is 0. The fraction of sp³-hybridized carbons (Fsp3) is 0.655. The van der Waals surface area contributed by atoms with Crippen molar-refractivity contribution < 1.29 is 75.5 Å². The number of aromatic nitrogens is 4. The molecule has 8 unspecified atom stereocenters. The third-order valence-electron chi connectivity index (χ3n) is 7.76. The molecule has 2 fully saturated rings. The molecule has 330 valence electrons. The van der Waals surface area contributed by atoms with Gasteiger partial charge in [0.05, 0.1) is 50.5 Å². The van der Waals surface area contributed by atoms with Gasteiger partial charge in [-0.25, -0.2) is 28.9 Å². The van der Waals surface area contributed by atoms with Gasteiger partial charge in [-0.05, 0) is 34.6 Å². The lowest BCUT2D eigenvalue weighted by Crippen LogP contribution is -2.36. The third kappa shape index (κ3) is 14.7. The zero-order valence-electron chi connectivity index (χ0n) is 31.4. The van der Waals surface area contributed by atoms with E-state index in [1.54, 1.807) is 30.7 Å². The summed E-state index contributed by atoms with van der Waals surface area (Å²) < 4.78 is 82.5. The summed E-state index contributed by atoms with van der Waals surface area (Å²) in [4.78, 5) is 92.0. The Labute approximate surface area is 333 Å². The maximum absolute atomic E-state index is 13.4. The Hall–Kier alpha value is -3.43. The molecule has 2 aromatic rings. The molecule has 10 atom stereocenters. The highest BCUT2D eigenvalue weighted by atomic mass is 32.1. The van der Waals surface area contributed by atoms with Gasteiger partial charge in [0.1, 0.15) is 36.7 Å². The molecular weight excluding hydrogens is 852 g/mol. The van der Waals surface area contributed by atoms with Crippen LogP contribution in [0.4, 0.5) is 8.78 Å². The highest BCUT2D eigenvalue weighted by Gasteiger charge is 2.39. The van der Waals surface area contributed by atoms with Crippen molar-refractivity contribution in [1.29, 1.82) is 0 Å². The molecule has 8 N–H and O–H groups in total. The molecule has 29 heteroatoms. The quantitative estimate of drug-likeness (QED) is 0.0699. The number of carbonyl (C=O) groups excluding carboxylic acids is 2. The highest BCUT2D eigenvalue weighted by molar-refractivity contribution is 7.59. The molecule has 0 amide bonds. The Kier molecular flexibility index (Phi) is 19.0. The number of hydrogen-bond acceptors (Lipinski definition) is 16. The van der Waals surface area contributed by atoms with Crippen LogP contribution in [0, 0.1) is 11.6 Å². The average molecular weight is 899 g/mol. The largest absolute Gasteiger partial charge is 0.465 e. The maximum atomic E-state index is 13.4. The number of hydrogen-bond donors (Lipinski definition) is 8. The first-order valence-electron chi connectivity index (χ1n) is 17.0. The van der Waals surface area contributed by atoms with Crippen molar-refractivity contribution in [1.82, 2.24) is 29.3 Å². The number of ether oxygens (including phenoxy) is 4. The molecule has 0 aliphatic carbocycles. The zero-order chi connectivity index (χ0) is 43.0. The predicted octanol–water partition coefficient (Wildman–Crippen LogP) is -1.53. The van der Waals surface area contributed by atoms with Crippen molar-refractivity contribution in [2.24, 2.45) is 0 Å². The Morgan fingerprint density at radius 2 is 1.19 bits per heavy atom. The van der Waals surface area contributed by atoms with Crippen LogP contribution >= 0.6 is 29.0 Å². The number of nitrogens with one attached hydrogen (secondary N) is 4. The van der Waals surface area contributed by atoms with Crippen LogP contribution in [0.15, 0.2) is 31.6 Å². The van der Waals surface area contributed by atoms with E-state index in [2.05, 4.69) is 10.2 Å². The zero-order valence-corrected chi connectivity index (χ0v) is 34.2. The molecule has 0 bridgehead atoms. The summed E-state index contributed by atoms with van der Waals surface area (Å²) in [6, 6.07) is -2.27. The van der Waals surface area contributed by atoms with Crippen LogP contribution in [0.1, 0.15) is 59.9 Å². The van der Waals surface area contributed by atoms with Crippen molar-refractivity contribution in [3.8, 4) is 0 Å². The van der Waals surface area contributed by atoms with Crippen LogP contribution in [0.2, 0.25) is 0 Å². The Bertz CT molecular complexity index is 2070. The Morgan fingerprint density at radius 3 is 1.55 bits per heavy atom. The van der Waals surface area contributed by atoms with E-state index < -0.39 is 130 Å². The molecule has 2 aliphatic heterocycles. The summed E-state index contributed by atoms with van der Waals surface area (Å²) >= 11 is 0. The lowest BCUT2D eigenvalue weighted by molar-refractivity contribution is -0.149. The summed E-state index contributed by atoms with van der Waals surface area (Å²) in [5.41, 5.74) is -4.27. The Balaban J connectivity index is 0.000000394. The fourth-order valence-electron chi connectivity index (χ4n) is 5.04. The van der Waals surface area contributed by atoms with Crippen molar-refractivity contribution in [3.05, 3.63) is 65.7 Å². The van der Waals surface area contributed by atoms with Crippen LogP contribution in [-0.4, -0.2) is 113 Å². The van der Waals surface area contributed by atoms with Gasteiger partial charge in [0.25, 0.3) is 11.1 Å². The molecule has 4 heterocycles. The molecule has 2 saturated heterocycles. The van der Waals surface area contributed by atoms with E-state index in [4.69, 9.17) is 28.0 Å².